The molecule has 1 aliphatic heterocycles. The highest BCUT2D eigenvalue weighted by atomic mass is 32.2. The second kappa shape index (κ2) is 6.64. The number of methoxy groups -OCH3 is 1. The second-order valence-electron chi connectivity index (χ2n) is 5.57. The fourth-order valence-electron chi connectivity index (χ4n) is 2.54. The van der Waals surface area contributed by atoms with Crippen molar-refractivity contribution in [3.05, 3.63) is 48.0 Å². The molecule has 0 spiro atoms. The molecule has 0 radical (unpaired) electrons. The molecule has 0 saturated carbocycles. The molecule has 132 valence electrons. The lowest BCUT2D eigenvalue weighted by Gasteiger charge is -2.15. The van der Waals surface area contributed by atoms with Crippen molar-refractivity contribution >= 4 is 27.5 Å². The number of benzene rings is 2. The van der Waals surface area contributed by atoms with Gasteiger partial charge in [0.1, 0.15) is 12.4 Å². The highest BCUT2D eigenvalue weighted by molar-refractivity contribution is 7.92. The van der Waals surface area contributed by atoms with Crippen molar-refractivity contribution in [1.82, 2.24) is 0 Å². The maximum Gasteiger partial charge on any atom is 0.414 e. The Morgan fingerprint density at radius 2 is 1.88 bits per heavy atom. The van der Waals surface area contributed by atoms with Gasteiger partial charge in [-0.05, 0) is 48.9 Å². The molecule has 2 aromatic rings. The van der Waals surface area contributed by atoms with E-state index in [1.54, 1.807) is 24.3 Å². The van der Waals surface area contributed by atoms with Crippen LogP contribution in [0.5, 0.6) is 5.75 Å². The quantitative estimate of drug-likeness (QED) is 0.884. The SMILES string of the molecule is COc1ccc(C)cc1NS(=O)(=O)c1ccc(N2CCOC2=O)cc1. The van der Waals surface area contributed by atoms with Gasteiger partial charge in [-0.2, -0.15) is 0 Å². The van der Waals surface area contributed by atoms with Crippen molar-refractivity contribution < 1.29 is 22.7 Å². The molecule has 0 bridgehead atoms. The van der Waals surface area contributed by atoms with Crippen molar-refractivity contribution in [3.63, 3.8) is 0 Å². The van der Waals surface area contributed by atoms with Gasteiger partial charge in [-0.3, -0.25) is 9.62 Å². The van der Waals surface area contributed by atoms with E-state index in [1.807, 2.05) is 13.0 Å². The minimum absolute atomic E-state index is 0.0902. The number of nitrogens with zero attached hydrogens (tertiary/aromatic N) is 1. The van der Waals surface area contributed by atoms with Crippen LogP contribution >= 0.6 is 0 Å². The average molecular weight is 362 g/mol. The van der Waals surface area contributed by atoms with Crippen LogP contribution in [-0.4, -0.2) is 34.8 Å². The fourth-order valence-corrected chi connectivity index (χ4v) is 3.60. The predicted octanol–water partition coefficient (Wildman–Crippen LogP) is 2.76. The summed E-state index contributed by atoms with van der Waals surface area (Å²) in [5, 5.41) is 0. The number of ether oxygens (including phenoxy) is 2. The molecule has 1 fully saturated rings. The Morgan fingerprint density at radius 1 is 1.16 bits per heavy atom. The summed E-state index contributed by atoms with van der Waals surface area (Å²) >= 11 is 0. The number of cyclic esters (lactones) is 1. The van der Waals surface area contributed by atoms with Crippen LogP contribution in [0.4, 0.5) is 16.2 Å². The van der Waals surface area contributed by atoms with Crippen molar-refractivity contribution in [1.29, 1.82) is 0 Å². The highest BCUT2D eigenvalue weighted by Crippen LogP contribution is 2.28. The minimum Gasteiger partial charge on any atom is -0.495 e. The highest BCUT2D eigenvalue weighted by Gasteiger charge is 2.24. The van der Waals surface area contributed by atoms with E-state index in [-0.39, 0.29) is 4.90 Å². The Bertz CT molecular complexity index is 894. The van der Waals surface area contributed by atoms with E-state index in [2.05, 4.69) is 4.72 Å². The number of amides is 1. The molecule has 1 aliphatic rings. The van der Waals surface area contributed by atoms with E-state index in [0.29, 0.717) is 30.3 Å². The van der Waals surface area contributed by atoms with Gasteiger partial charge in [-0.1, -0.05) is 6.07 Å². The van der Waals surface area contributed by atoms with E-state index in [1.165, 1.54) is 24.1 Å². The molecule has 7 nitrogen and oxygen atoms in total. The number of carbonyl (C=O) groups is 1. The summed E-state index contributed by atoms with van der Waals surface area (Å²) in [6.45, 7) is 2.64. The molecule has 1 amide bonds. The van der Waals surface area contributed by atoms with E-state index in [4.69, 9.17) is 9.47 Å². The van der Waals surface area contributed by atoms with Crippen LogP contribution in [0.3, 0.4) is 0 Å². The molecule has 0 unspecified atom stereocenters. The largest absolute Gasteiger partial charge is 0.495 e. The number of hydrogen-bond acceptors (Lipinski definition) is 5. The molecule has 3 rings (SSSR count). The van der Waals surface area contributed by atoms with E-state index >= 15 is 0 Å². The summed E-state index contributed by atoms with van der Waals surface area (Å²) < 4.78 is 37.8. The van der Waals surface area contributed by atoms with E-state index in [9.17, 15) is 13.2 Å². The van der Waals surface area contributed by atoms with Crippen LogP contribution in [-0.2, 0) is 14.8 Å². The standard InChI is InChI=1S/C17H18N2O5S/c1-12-3-8-16(23-2)15(11-12)18-25(21,22)14-6-4-13(5-7-14)19-9-10-24-17(19)20/h3-8,11,18H,9-10H2,1-2H3. The third-order valence-corrected chi connectivity index (χ3v) is 5.20. The summed E-state index contributed by atoms with van der Waals surface area (Å²) in [5.74, 6) is 0.436. The summed E-state index contributed by atoms with van der Waals surface area (Å²) in [5.41, 5.74) is 1.87. The number of carbonyl (C=O) groups excluding carboxylic acids is 1. The zero-order chi connectivity index (χ0) is 18.0. The summed E-state index contributed by atoms with van der Waals surface area (Å²) in [7, 11) is -2.30. The Balaban J connectivity index is 1.85. The first-order valence-electron chi connectivity index (χ1n) is 7.62. The zero-order valence-electron chi connectivity index (χ0n) is 13.9. The van der Waals surface area contributed by atoms with Crippen LogP contribution in [0, 0.1) is 6.92 Å². The fraction of sp³-hybridized carbons (Fsp3) is 0.235. The smallest absolute Gasteiger partial charge is 0.414 e. The van der Waals surface area contributed by atoms with Crippen molar-refractivity contribution in [3.8, 4) is 5.75 Å². The molecule has 0 aliphatic carbocycles. The zero-order valence-corrected chi connectivity index (χ0v) is 14.7. The van der Waals surface area contributed by atoms with Gasteiger partial charge >= 0.3 is 6.09 Å². The average Bonchev–Trinajstić information content (AvgIpc) is 3.01. The van der Waals surface area contributed by atoms with Crippen LogP contribution < -0.4 is 14.4 Å². The molecular weight excluding hydrogens is 344 g/mol. The first kappa shape index (κ1) is 17.1. The topological polar surface area (TPSA) is 84.9 Å². The van der Waals surface area contributed by atoms with Gasteiger partial charge in [0, 0.05) is 5.69 Å². The Morgan fingerprint density at radius 3 is 2.48 bits per heavy atom. The first-order chi connectivity index (χ1) is 11.9. The van der Waals surface area contributed by atoms with Crippen molar-refractivity contribution in [2.75, 3.05) is 29.9 Å². The lowest BCUT2D eigenvalue weighted by molar-refractivity contribution is 0.181. The van der Waals surface area contributed by atoms with Gasteiger partial charge in [-0.15, -0.1) is 0 Å². The molecule has 8 heteroatoms. The molecule has 1 saturated heterocycles. The van der Waals surface area contributed by atoms with Crippen LogP contribution in [0.2, 0.25) is 0 Å². The predicted molar refractivity (Wildman–Crippen MR) is 93.7 cm³/mol. The monoisotopic (exact) mass is 362 g/mol. The number of nitrogens with one attached hydrogen (secondary N) is 1. The van der Waals surface area contributed by atoms with Crippen molar-refractivity contribution in [2.45, 2.75) is 11.8 Å². The normalized spacial score (nSPS) is 14.3. The summed E-state index contributed by atoms with van der Waals surface area (Å²) in [4.78, 5) is 13.1. The van der Waals surface area contributed by atoms with Crippen LogP contribution in [0.25, 0.3) is 0 Å². The Hall–Kier alpha value is -2.74. The lowest BCUT2D eigenvalue weighted by atomic mass is 10.2. The van der Waals surface area contributed by atoms with E-state index < -0.39 is 16.1 Å². The third kappa shape index (κ3) is 3.53. The molecule has 0 atom stereocenters. The molecule has 25 heavy (non-hydrogen) atoms. The van der Waals surface area contributed by atoms with Gasteiger partial charge in [0.25, 0.3) is 10.0 Å². The maximum atomic E-state index is 12.6. The number of rotatable bonds is 5. The molecule has 1 N–H and O–H groups in total. The van der Waals surface area contributed by atoms with Crippen LogP contribution in [0.15, 0.2) is 47.4 Å². The Kier molecular flexibility index (Phi) is 4.54. The third-order valence-electron chi connectivity index (χ3n) is 3.82. The second-order valence-corrected chi connectivity index (χ2v) is 7.25. The number of aryl methyl sites for hydroxylation is 1. The van der Waals surface area contributed by atoms with Crippen molar-refractivity contribution in [2.24, 2.45) is 0 Å². The molecule has 1 heterocycles. The number of anilines is 2. The van der Waals surface area contributed by atoms with Gasteiger partial charge in [0.05, 0.1) is 24.2 Å². The summed E-state index contributed by atoms with van der Waals surface area (Å²) in [6.07, 6.45) is -0.432. The van der Waals surface area contributed by atoms with Gasteiger partial charge < -0.3 is 9.47 Å². The van der Waals surface area contributed by atoms with Crippen LogP contribution in [0.1, 0.15) is 5.56 Å². The van der Waals surface area contributed by atoms with Gasteiger partial charge in [0.2, 0.25) is 0 Å². The minimum atomic E-state index is -3.78. The molecule has 0 aromatic heterocycles. The maximum absolute atomic E-state index is 12.6. The van der Waals surface area contributed by atoms with Gasteiger partial charge in [0.15, 0.2) is 0 Å². The Labute approximate surface area is 146 Å². The van der Waals surface area contributed by atoms with E-state index in [0.717, 1.165) is 5.56 Å². The number of sulfonamides is 1. The summed E-state index contributed by atoms with van der Waals surface area (Å²) in [6, 6.07) is 11.3. The van der Waals surface area contributed by atoms with Gasteiger partial charge in [-0.25, -0.2) is 13.2 Å². The molecular formula is C17H18N2O5S. The molecule has 2 aromatic carbocycles. The number of hydrogen-bond donors (Lipinski definition) is 1. The lowest BCUT2D eigenvalue weighted by Crippen LogP contribution is -2.23. The first-order valence-corrected chi connectivity index (χ1v) is 9.11.